The largest absolute Gasteiger partial charge is 0.0876 e. The SMILES string of the molecule is BrC=C(CBr)c1ccc(-c2ccccc2)cc1. The molecule has 0 saturated heterocycles. The zero-order valence-electron chi connectivity index (χ0n) is 9.24. The molecule has 0 unspecified atom stereocenters. The molecule has 0 bridgehead atoms. The molecule has 0 amide bonds. The zero-order valence-corrected chi connectivity index (χ0v) is 12.4. The maximum Gasteiger partial charge on any atom is 0.0294 e. The van der Waals surface area contributed by atoms with Crippen LogP contribution in [0.15, 0.2) is 59.6 Å². The van der Waals surface area contributed by atoms with Crippen LogP contribution >= 0.6 is 31.9 Å². The zero-order chi connectivity index (χ0) is 12.1. The highest BCUT2D eigenvalue weighted by Gasteiger charge is 2.00. The van der Waals surface area contributed by atoms with Crippen molar-refractivity contribution in [3.63, 3.8) is 0 Å². The molecule has 0 spiro atoms. The Hall–Kier alpha value is -0.860. The second kappa shape index (κ2) is 6.18. The van der Waals surface area contributed by atoms with Gasteiger partial charge in [-0.3, -0.25) is 0 Å². The first-order valence-corrected chi connectivity index (χ1v) is 7.40. The lowest BCUT2D eigenvalue weighted by molar-refractivity contribution is 1.57. The monoisotopic (exact) mass is 350 g/mol. The summed E-state index contributed by atoms with van der Waals surface area (Å²) in [5.41, 5.74) is 4.98. The third-order valence-corrected chi connectivity index (χ3v) is 3.80. The van der Waals surface area contributed by atoms with E-state index >= 15 is 0 Å². The van der Waals surface area contributed by atoms with Gasteiger partial charge in [0.1, 0.15) is 0 Å². The molecule has 17 heavy (non-hydrogen) atoms. The van der Waals surface area contributed by atoms with E-state index in [1.807, 2.05) is 11.1 Å². The van der Waals surface area contributed by atoms with Gasteiger partial charge in [-0.2, -0.15) is 0 Å². The molecule has 2 heteroatoms. The van der Waals surface area contributed by atoms with Crippen molar-refractivity contribution in [1.82, 2.24) is 0 Å². The molecular weight excluding hydrogens is 340 g/mol. The first-order valence-electron chi connectivity index (χ1n) is 5.36. The van der Waals surface area contributed by atoms with Crippen LogP contribution in [0.4, 0.5) is 0 Å². The van der Waals surface area contributed by atoms with E-state index in [0.717, 1.165) is 5.33 Å². The Labute approximate surface area is 119 Å². The first-order chi connectivity index (χ1) is 8.35. The van der Waals surface area contributed by atoms with Gasteiger partial charge in [0.2, 0.25) is 0 Å². The molecule has 0 nitrogen and oxygen atoms in total. The Balaban J connectivity index is 2.31. The number of alkyl halides is 1. The summed E-state index contributed by atoms with van der Waals surface area (Å²) < 4.78 is 0. The highest BCUT2D eigenvalue weighted by molar-refractivity contribution is 9.11. The minimum absolute atomic E-state index is 0.850. The summed E-state index contributed by atoms with van der Waals surface area (Å²) in [7, 11) is 0. The van der Waals surface area contributed by atoms with Gasteiger partial charge in [-0.25, -0.2) is 0 Å². The van der Waals surface area contributed by atoms with E-state index in [0.29, 0.717) is 0 Å². The van der Waals surface area contributed by atoms with E-state index in [4.69, 9.17) is 0 Å². The lowest BCUT2D eigenvalue weighted by Crippen LogP contribution is -1.85. The highest BCUT2D eigenvalue weighted by atomic mass is 79.9. The third kappa shape index (κ3) is 3.08. The number of benzene rings is 2. The van der Waals surface area contributed by atoms with Gasteiger partial charge >= 0.3 is 0 Å². The summed E-state index contributed by atoms with van der Waals surface area (Å²) in [6, 6.07) is 19.0. The molecule has 0 N–H and O–H groups in total. The molecule has 0 radical (unpaired) electrons. The molecule has 2 aromatic rings. The summed E-state index contributed by atoms with van der Waals surface area (Å²) in [6.07, 6.45) is 0. The molecule has 2 rings (SSSR count). The van der Waals surface area contributed by atoms with Gasteiger partial charge in [-0.1, -0.05) is 86.5 Å². The minimum atomic E-state index is 0.850. The van der Waals surface area contributed by atoms with E-state index in [-0.39, 0.29) is 0 Å². The van der Waals surface area contributed by atoms with Crippen LogP contribution in [-0.4, -0.2) is 5.33 Å². The molecule has 0 atom stereocenters. The predicted molar refractivity (Wildman–Crippen MR) is 82.6 cm³/mol. The van der Waals surface area contributed by atoms with Gasteiger partial charge in [0, 0.05) is 5.33 Å². The maximum atomic E-state index is 3.48. The number of rotatable bonds is 3. The summed E-state index contributed by atoms with van der Waals surface area (Å²) in [5.74, 6) is 0. The third-order valence-electron chi connectivity index (χ3n) is 2.64. The van der Waals surface area contributed by atoms with Crippen LogP contribution in [0.1, 0.15) is 5.56 Å². The fourth-order valence-electron chi connectivity index (χ4n) is 1.68. The minimum Gasteiger partial charge on any atom is -0.0876 e. The van der Waals surface area contributed by atoms with E-state index < -0.39 is 0 Å². The summed E-state index contributed by atoms with van der Waals surface area (Å²) in [5, 5.41) is 0.850. The molecule has 0 aliphatic heterocycles. The van der Waals surface area contributed by atoms with Gasteiger partial charge in [0.25, 0.3) is 0 Å². The van der Waals surface area contributed by atoms with Crippen molar-refractivity contribution >= 4 is 37.4 Å². The van der Waals surface area contributed by atoms with Crippen molar-refractivity contribution in [3.8, 4) is 11.1 Å². The second-order valence-electron chi connectivity index (χ2n) is 3.71. The fraction of sp³-hybridized carbons (Fsp3) is 0.0667. The topological polar surface area (TPSA) is 0 Å². The number of halogens is 2. The Morgan fingerprint density at radius 2 is 1.47 bits per heavy atom. The summed E-state index contributed by atoms with van der Waals surface area (Å²) in [4.78, 5) is 1.96. The van der Waals surface area contributed by atoms with E-state index in [1.54, 1.807) is 0 Å². The van der Waals surface area contributed by atoms with Crippen molar-refractivity contribution in [2.45, 2.75) is 0 Å². The molecule has 0 fully saturated rings. The van der Waals surface area contributed by atoms with Crippen molar-refractivity contribution in [2.24, 2.45) is 0 Å². The van der Waals surface area contributed by atoms with Crippen LogP contribution in [0.2, 0.25) is 0 Å². The predicted octanol–water partition coefficient (Wildman–Crippen LogP) is 5.48. The Bertz CT molecular complexity index is 498. The molecule has 0 aliphatic carbocycles. The lowest BCUT2D eigenvalue weighted by Gasteiger charge is -2.05. The van der Waals surface area contributed by atoms with Crippen molar-refractivity contribution in [1.29, 1.82) is 0 Å². The van der Waals surface area contributed by atoms with Crippen LogP contribution in [0.25, 0.3) is 16.7 Å². The first kappa shape index (κ1) is 12.6. The van der Waals surface area contributed by atoms with Crippen molar-refractivity contribution < 1.29 is 0 Å². The molecule has 0 saturated carbocycles. The van der Waals surface area contributed by atoms with Crippen LogP contribution in [0.5, 0.6) is 0 Å². The highest BCUT2D eigenvalue weighted by Crippen LogP contribution is 2.23. The van der Waals surface area contributed by atoms with Crippen LogP contribution in [0, 0.1) is 0 Å². The fourth-order valence-corrected chi connectivity index (χ4v) is 3.02. The molecular formula is C15H12Br2. The maximum absolute atomic E-state index is 3.48. The number of hydrogen-bond donors (Lipinski definition) is 0. The molecule has 0 aromatic heterocycles. The standard InChI is InChI=1S/C15H12Br2/c16-10-15(11-17)14-8-6-13(7-9-14)12-4-2-1-3-5-12/h1-10H,11H2. The van der Waals surface area contributed by atoms with Crippen LogP contribution in [0.3, 0.4) is 0 Å². The summed E-state index contributed by atoms with van der Waals surface area (Å²) >= 11 is 6.86. The number of hydrogen-bond acceptors (Lipinski definition) is 0. The van der Waals surface area contributed by atoms with Gasteiger partial charge in [-0.05, 0) is 27.2 Å². The normalized spacial score (nSPS) is 11.5. The van der Waals surface area contributed by atoms with Crippen molar-refractivity contribution in [3.05, 3.63) is 65.1 Å². The smallest absolute Gasteiger partial charge is 0.0294 e. The van der Waals surface area contributed by atoms with E-state index in [2.05, 4.69) is 80.4 Å². The Kier molecular flexibility index (Phi) is 4.57. The average Bonchev–Trinajstić information content (AvgIpc) is 2.42. The van der Waals surface area contributed by atoms with E-state index in [9.17, 15) is 0 Å². The van der Waals surface area contributed by atoms with E-state index in [1.165, 1.54) is 22.3 Å². The number of allylic oxidation sites excluding steroid dienone is 1. The van der Waals surface area contributed by atoms with Crippen molar-refractivity contribution in [2.75, 3.05) is 5.33 Å². The van der Waals surface area contributed by atoms with Crippen LogP contribution in [-0.2, 0) is 0 Å². The lowest BCUT2D eigenvalue weighted by atomic mass is 10.0. The molecule has 0 heterocycles. The van der Waals surface area contributed by atoms with Gasteiger partial charge < -0.3 is 0 Å². The molecule has 2 aromatic carbocycles. The summed E-state index contributed by atoms with van der Waals surface area (Å²) in [6.45, 7) is 0. The van der Waals surface area contributed by atoms with Crippen LogP contribution < -0.4 is 0 Å². The van der Waals surface area contributed by atoms with Gasteiger partial charge in [0.05, 0.1) is 0 Å². The Morgan fingerprint density at radius 3 is 2.00 bits per heavy atom. The molecule has 0 aliphatic rings. The van der Waals surface area contributed by atoms with Gasteiger partial charge in [-0.15, -0.1) is 0 Å². The van der Waals surface area contributed by atoms with Gasteiger partial charge in [0.15, 0.2) is 0 Å². The average molecular weight is 352 g/mol. The molecule has 86 valence electrons. The quantitative estimate of drug-likeness (QED) is 0.642. The second-order valence-corrected chi connectivity index (χ2v) is 4.73. The Morgan fingerprint density at radius 1 is 0.882 bits per heavy atom.